The van der Waals surface area contributed by atoms with Crippen LogP contribution < -0.4 is 5.32 Å². The largest absolute Gasteiger partial charge is 0.383 e. The molecule has 0 unspecified atom stereocenters. The van der Waals surface area contributed by atoms with E-state index in [0.29, 0.717) is 16.7 Å². The number of amides is 1. The van der Waals surface area contributed by atoms with Gasteiger partial charge in [-0.05, 0) is 24.6 Å². The van der Waals surface area contributed by atoms with E-state index in [1.807, 2.05) is 0 Å². The number of nitrogens with one attached hydrogen (secondary N) is 2. The van der Waals surface area contributed by atoms with Gasteiger partial charge in [0, 0.05) is 36.8 Å². The van der Waals surface area contributed by atoms with E-state index in [4.69, 9.17) is 0 Å². The van der Waals surface area contributed by atoms with Gasteiger partial charge < -0.3 is 15.4 Å². The van der Waals surface area contributed by atoms with Gasteiger partial charge in [-0.3, -0.25) is 9.48 Å². The van der Waals surface area contributed by atoms with Gasteiger partial charge in [-0.15, -0.1) is 0 Å². The van der Waals surface area contributed by atoms with Crippen LogP contribution in [-0.4, -0.2) is 32.3 Å². The van der Waals surface area contributed by atoms with Crippen molar-refractivity contribution in [3.63, 3.8) is 0 Å². The average molecular weight is 342 g/mol. The molecule has 0 aliphatic heterocycles. The second-order valence-electron chi connectivity index (χ2n) is 6.15. The zero-order valence-electron chi connectivity index (χ0n) is 14.0. The number of aromatic amines is 1. The van der Waals surface area contributed by atoms with Gasteiger partial charge in [0.1, 0.15) is 11.4 Å². The van der Waals surface area contributed by atoms with E-state index in [-0.39, 0.29) is 18.3 Å². The molecule has 0 radical (unpaired) electrons. The summed E-state index contributed by atoms with van der Waals surface area (Å²) in [5.74, 6) is -0.664. The van der Waals surface area contributed by atoms with Crippen LogP contribution in [0.25, 0.3) is 11.1 Å². The van der Waals surface area contributed by atoms with Gasteiger partial charge in [-0.25, -0.2) is 4.39 Å². The fourth-order valence-electron chi connectivity index (χ4n) is 2.57. The predicted octanol–water partition coefficient (Wildman–Crippen LogP) is 2.19. The minimum absolute atomic E-state index is 0.0333. The van der Waals surface area contributed by atoms with Crippen molar-refractivity contribution in [3.05, 3.63) is 66.0 Å². The first kappa shape index (κ1) is 16.9. The predicted molar refractivity (Wildman–Crippen MR) is 91.3 cm³/mol. The van der Waals surface area contributed by atoms with Crippen molar-refractivity contribution in [2.75, 3.05) is 6.54 Å². The highest BCUT2D eigenvalue weighted by atomic mass is 19.1. The summed E-state index contributed by atoms with van der Waals surface area (Å²) >= 11 is 0. The van der Waals surface area contributed by atoms with Crippen LogP contribution in [0.15, 0.2) is 49.1 Å². The summed E-state index contributed by atoms with van der Waals surface area (Å²) in [4.78, 5) is 15.4. The molecule has 1 amide bonds. The van der Waals surface area contributed by atoms with E-state index in [1.165, 1.54) is 12.1 Å². The molecule has 3 N–H and O–H groups in total. The zero-order valence-corrected chi connectivity index (χ0v) is 14.0. The summed E-state index contributed by atoms with van der Waals surface area (Å²) in [5.41, 5.74) is 1.19. The van der Waals surface area contributed by atoms with Gasteiger partial charge >= 0.3 is 0 Å². The van der Waals surface area contributed by atoms with Crippen LogP contribution in [0.3, 0.4) is 0 Å². The molecule has 0 spiro atoms. The lowest BCUT2D eigenvalue weighted by molar-refractivity contribution is 0.0526. The first-order valence-electron chi connectivity index (χ1n) is 7.79. The Balaban J connectivity index is 1.74. The molecule has 3 aromatic rings. The second kappa shape index (κ2) is 6.52. The number of rotatable bonds is 5. The number of benzene rings is 1. The highest BCUT2D eigenvalue weighted by Crippen LogP contribution is 2.24. The van der Waals surface area contributed by atoms with Crippen LogP contribution in [-0.2, 0) is 12.6 Å². The summed E-state index contributed by atoms with van der Waals surface area (Å²) in [6, 6.07) is 5.91. The Bertz CT molecular complexity index is 881. The molecule has 2 heterocycles. The van der Waals surface area contributed by atoms with Crippen LogP contribution in [0.4, 0.5) is 4.39 Å². The van der Waals surface area contributed by atoms with E-state index >= 15 is 0 Å². The van der Waals surface area contributed by atoms with Crippen LogP contribution >= 0.6 is 0 Å². The molecule has 3 rings (SSSR count). The standard InChI is InChI=1S/C18H19FN4O2/c1-18(25,13-7-22-23(2)10-13)11-21-17(24)16-9-20-8-15(16)12-3-5-14(19)6-4-12/h3-10,20,25H,11H2,1-2H3,(H,21,24)/t18-/m0/s1. The molecule has 0 saturated carbocycles. The Morgan fingerprint density at radius 1 is 1.36 bits per heavy atom. The molecule has 0 aliphatic rings. The SMILES string of the molecule is Cn1cc([C@@](C)(O)CNC(=O)c2c[nH]cc2-c2ccc(F)cc2)cn1. The normalized spacial score (nSPS) is 13.4. The number of aromatic nitrogens is 3. The summed E-state index contributed by atoms with van der Waals surface area (Å²) < 4.78 is 14.7. The number of carbonyl (C=O) groups is 1. The monoisotopic (exact) mass is 342 g/mol. The number of halogens is 1. The Hall–Kier alpha value is -2.93. The Morgan fingerprint density at radius 2 is 2.08 bits per heavy atom. The van der Waals surface area contributed by atoms with Crippen molar-refractivity contribution in [3.8, 4) is 11.1 Å². The van der Waals surface area contributed by atoms with Crippen molar-refractivity contribution in [1.82, 2.24) is 20.1 Å². The molecule has 25 heavy (non-hydrogen) atoms. The van der Waals surface area contributed by atoms with Gasteiger partial charge in [0.15, 0.2) is 0 Å². The molecule has 130 valence electrons. The van der Waals surface area contributed by atoms with Gasteiger partial charge in [-0.2, -0.15) is 5.10 Å². The Kier molecular flexibility index (Phi) is 4.41. The molecule has 0 saturated heterocycles. The number of hydrogen-bond acceptors (Lipinski definition) is 3. The minimum Gasteiger partial charge on any atom is -0.383 e. The fraction of sp³-hybridized carbons (Fsp3) is 0.222. The molecular formula is C18H19FN4O2. The Labute approximate surface area is 144 Å². The maximum Gasteiger partial charge on any atom is 0.253 e. The quantitative estimate of drug-likeness (QED) is 0.665. The van der Waals surface area contributed by atoms with Crippen molar-refractivity contribution in [1.29, 1.82) is 0 Å². The fourth-order valence-corrected chi connectivity index (χ4v) is 2.57. The molecule has 7 heteroatoms. The van der Waals surface area contributed by atoms with Crippen LogP contribution in [0.2, 0.25) is 0 Å². The first-order chi connectivity index (χ1) is 11.9. The summed E-state index contributed by atoms with van der Waals surface area (Å²) in [7, 11) is 1.76. The van der Waals surface area contributed by atoms with Crippen LogP contribution in [0.1, 0.15) is 22.8 Å². The van der Waals surface area contributed by atoms with Crippen LogP contribution in [0.5, 0.6) is 0 Å². The smallest absolute Gasteiger partial charge is 0.253 e. The summed E-state index contributed by atoms with van der Waals surface area (Å²) in [6.45, 7) is 1.65. The summed E-state index contributed by atoms with van der Waals surface area (Å²) in [6.07, 6.45) is 6.52. The third-order valence-corrected chi connectivity index (χ3v) is 4.07. The average Bonchev–Trinajstić information content (AvgIpc) is 3.23. The number of aliphatic hydroxyl groups is 1. The number of aryl methyl sites for hydroxylation is 1. The highest BCUT2D eigenvalue weighted by Gasteiger charge is 2.26. The van der Waals surface area contributed by atoms with E-state index in [0.717, 1.165) is 5.56 Å². The van der Waals surface area contributed by atoms with E-state index in [2.05, 4.69) is 15.4 Å². The molecular weight excluding hydrogens is 323 g/mol. The van der Waals surface area contributed by atoms with Gasteiger partial charge in [0.05, 0.1) is 18.3 Å². The topological polar surface area (TPSA) is 82.9 Å². The maximum atomic E-state index is 13.1. The first-order valence-corrected chi connectivity index (χ1v) is 7.79. The molecule has 0 bridgehead atoms. The van der Waals surface area contributed by atoms with E-state index in [1.54, 1.807) is 55.6 Å². The van der Waals surface area contributed by atoms with E-state index < -0.39 is 5.60 Å². The summed E-state index contributed by atoms with van der Waals surface area (Å²) in [5, 5.41) is 17.3. The van der Waals surface area contributed by atoms with Gasteiger partial charge in [-0.1, -0.05) is 12.1 Å². The second-order valence-corrected chi connectivity index (χ2v) is 6.15. The number of carbonyl (C=O) groups excluding carboxylic acids is 1. The molecule has 0 fully saturated rings. The van der Waals surface area contributed by atoms with Gasteiger partial charge in [0.25, 0.3) is 5.91 Å². The minimum atomic E-state index is -1.24. The lowest BCUT2D eigenvalue weighted by Gasteiger charge is -2.22. The third-order valence-electron chi connectivity index (χ3n) is 4.07. The molecule has 1 aromatic carbocycles. The number of H-pyrrole nitrogens is 1. The van der Waals surface area contributed by atoms with E-state index in [9.17, 15) is 14.3 Å². The molecule has 2 aromatic heterocycles. The Morgan fingerprint density at radius 3 is 2.72 bits per heavy atom. The molecule has 1 atom stereocenters. The lowest BCUT2D eigenvalue weighted by atomic mass is 9.99. The van der Waals surface area contributed by atoms with Crippen molar-refractivity contribution in [2.24, 2.45) is 7.05 Å². The van der Waals surface area contributed by atoms with Crippen molar-refractivity contribution >= 4 is 5.91 Å². The zero-order chi connectivity index (χ0) is 18.0. The highest BCUT2D eigenvalue weighted by molar-refractivity contribution is 6.00. The number of hydrogen-bond donors (Lipinski definition) is 3. The maximum absolute atomic E-state index is 13.1. The van der Waals surface area contributed by atoms with Crippen molar-refractivity contribution in [2.45, 2.75) is 12.5 Å². The lowest BCUT2D eigenvalue weighted by Crippen LogP contribution is -2.38. The van der Waals surface area contributed by atoms with Crippen molar-refractivity contribution < 1.29 is 14.3 Å². The third kappa shape index (κ3) is 3.61. The molecule has 0 aliphatic carbocycles. The number of nitrogens with zero attached hydrogens (tertiary/aromatic N) is 2. The van der Waals surface area contributed by atoms with Gasteiger partial charge in [0.2, 0.25) is 0 Å². The van der Waals surface area contributed by atoms with Crippen LogP contribution in [0, 0.1) is 5.82 Å². The molecule has 6 nitrogen and oxygen atoms in total.